The third kappa shape index (κ3) is 11.2. The molecule has 0 saturated carbocycles. The van der Waals surface area contributed by atoms with Crippen molar-refractivity contribution >= 4 is 40.6 Å². The highest BCUT2D eigenvalue weighted by molar-refractivity contribution is 7.79. The van der Waals surface area contributed by atoms with Gasteiger partial charge < -0.3 is 19.8 Å². The summed E-state index contributed by atoms with van der Waals surface area (Å²) in [6.45, 7) is 2.74. The molecule has 0 aliphatic carbocycles. The molecule has 2 aromatic carbocycles. The van der Waals surface area contributed by atoms with Crippen LogP contribution in [-0.2, 0) is 14.1 Å². The Morgan fingerprint density at radius 1 is 1.14 bits per heavy atom. The third-order valence-corrected chi connectivity index (χ3v) is 4.10. The van der Waals surface area contributed by atoms with E-state index >= 15 is 0 Å². The van der Waals surface area contributed by atoms with Crippen molar-refractivity contribution in [3.05, 3.63) is 42.5 Å². The van der Waals surface area contributed by atoms with Gasteiger partial charge >= 0.3 is 12.9 Å². The van der Waals surface area contributed by atoms with Gasteiger partial charge in [-0.05, 0) is 30.2 Å². The quantitative estimate of drug-likeness (QED) is 0.260. The number of hydrogen-bond acceptors (Lipinski definition) is 4. The molecular formula is C21H31ClNO5P. The molecule has 0 bridgehead atoms. The molecule has 29 heavy (non-hydrogen) atoms. The molecule has 2 rings (SSSR count). The molecular weight excluding hydrogens is 413 g/mol. The number of nitrogens with one attached hydrogen (secondary N) is 1. The molecule has 0 aliphatic rings. The predicted molar refractivity (Wildman–Crippen MR) is 119 cm³/mol. The van der Waals surface area contributed by atoms with Gasteiger partial charge in [0.25, 0.3) is 0 Å². The Balaban J connectivity index is 0.000000749. The van der Waals surface area contributed by atoms with E-state index in [9.17, 15) is 4.79 Å². The molecule has 8 heteroatoms. The van der Waals surface area contributed by atoms with E-state index in [2.05, 4.69) is 55.5 Å². The minimum absolute atomic E-state index is 0.146. The Morgan fingerprint density at radius 3 is 2.38 bits per heavy atom. The first-order valence-electron chi connectivity index (χ1n) is 9.78. The van der Waals surface area contributed by atoms with Gasteiger partial charge in [-0.15, -0.1) is 0 Å². The number of carbonyl (C=O) groups is 1. The first kappa shape index (κ1) is 25.4. The Morgan fingerprint density at radius 2 is 1.76 bits per heavy atom. The van der Waals surface area contributed by atoms with Gasteiger partial charge in [0.05, 0.1) is 6.61 Å². The Hall–Kier alpha value is -1.59. The van der Waals surface area contributed by atoms with Crippen molar-refractivity contribution in [3.8, 4) is 0 Å². The Labute approximate surface area is 177 Å². The first-order chi connectivity index (χ1) is 13.6. The molecule has 3 N–H and O–H groups in total. The lowest BCUT2D eigenvalue weighted by Crippen LogP contribution is -2.33. The number of hydrogen-bond donors (Lipinski definition) is 3. The van der Waals surface area contributed by atoms with Crippen LogP contribution < -0.4 is 5.32 Å². The van der Waals surface area contributed by atoms with Gasteiger partial charge in [0.2, 0.25) is 0 Å². The van der Waals surface area contributed by atoms with Gasteiger partial charge in [0.15, 0.2) is 0 Å². The van der Waals surface area contributed by atoms with Crippen LogP contribution in [0.4, 0.5) is 5.69 Å². The maximum absolute atomic E-state index is 12.5. The Kier molecular flexibility index (Phi) is 11.3. The number of esters is 1. The van der Waals surface area contributed by atoms with Crippen molar-refractivity contribution in [2.75, 3.05) is 11.9 Å². The zero-order valence-corrected chi connectivity index (χ0v) is 18.8. The van der Waals surface area contributed by atoms with Crippen LogP contribution in [0.5, 0.6) is 0 Å². The van der Waals surface area contributed by atoms with Crippen LogP contribution in [0, 0.1) is 5.92 Å². The highest BCUT2D eigenvalue weighted by Gasteiger charge is 2.21. The van der Waals surface area contributed by atoms with Gasteiger partial charge in [0.1, 0.15) is 6.04 Å². The molecule has 0 fully saturated rings. The van der Waals surface area contributed by atoms with Crippen molar-refractivity contribution in [2.45, 2.75) is 52.5 Å². The lowest BCUT2D eigenvalue weighted by molar-refractivity contribution is -0.145. The summed E-state index contributed by atoms with van der Waals surface area (Å²) < 4.78 is 14.6. The van der Waals surface area contributed by atoms with Crippen LogP contribution in [0.2, 0.25) is 0 Å². The molecule has 0 aromatic heterocycles. The van der Waals surface area contributed by atoms with Crippen molar-refractivity contribution in [1.29, 1.82) is 0 Å². The lowest BCUT2D eigenvalue weighted by atomic mass is 10.0. The van der Waals surface area contributed by atoms with Gasteiger partial charge in [-0.25, -0.2) is 9.36 Å². The summed E-state index contributed by atoms with van der Waals surface area (Å²) in [5.74, 6) is 0.272. The topological polar surface area (TPSA) is 95.9 Å². The SMILES string of the molecule is CCCCCOC(=O)C(CC(C)C)Nc1cccc2ccccc12.O=P(O)(O)Cl. The van der Waals surface area contributed by atoms with E-state index in [4.69, 9.17) is 19.1 Å². The molecule has 0 spiro atoms. The minimum Gasteiger partial charge on any atom is -0.464 e. The number of rotatable bonds is 9. The highest BCUT2D eigenvalue weighted by Crippen LogP contribution is 2.39. The molecule has 0 heterocycles. The first-order valence-corrected chi connectivity index (χ1v) is 12.3. The van der Waals surface area contributed by atoms with E-state index in [-0.39, 0.29) is 12.0 Å². The molecule has 0 amide bonds. The summed E-state index contributed by atoms with van der Waals surface area (Å²) in [7, 11) is 0. The van der Waals surface area contributed by atoms with Crippen LogP contribution in [-0.4, -0.2) is 28.4 Å². The van der Waals surface area contributed by atoms with E-state index < -0.39 is 6.95 Å². The van der Waals surface area contributed by atoms with E-state index in [1.165, 1.54) is 5.39 Å². The van der Waals surface area contributed by atoms with Gasteiger partial charge in [0, 0.05) is 22.3 Å². The van der Waals surface area contributed by atoms with Crippen molar-refractivity contribution < 1.29 is 23.9 Å². The van der Waals surface area contributed by atoms with Crippen molar-refractivity contribution in [3.63, 3.8) is 0 Å². The fourth-order valence-corrected chi connectivity index (χ4v) is 2.85. The molecule has 1 unspecified atom stereocenters. The average Bonchev–Trinajstić information content (AvgIpc) is 2.63. The smallest absolute Gasteiger partial charge is 0.419 e. The molecule has 0 saturated heterocycles. The molecule has 6 nitrogen and oxygen atoms in total. The largest absolute Gasteiger partial charge is 0.464 e. The van der Waals surface area contributed by atoms with E-state index in [0.717, 1.165) is 36.8 Å². The van der Waals surface area contributed by atoms with Crippen LogP contribution in [0.25, 0.3) is 10.8 Å². The minimum atomic E-state index is -4.17. The fourth-order valence-electron chi connectivity index (χ4n) is 2.85. The summed E-state index contributed by atoms with van der Waals surface area (Å²) in [5, 5.41) is 5.72. The maximum atomic E-state index is 12.5. The molecule has 2 aromatic rings. The number of ether oxygens (including phenoxy) is 1. The van der Waals surface area contributed by atoms with Gasteiger partial charge in [-0.1, -0.05) is 70.0 Å². The second-order valence-corrected chi connectivity index (χ2v) is 9.47. The lowest BCUT2D eigenvalue weighted by Gasteiger charge is -2.21. The summed E-state index contributed by atoms with van der Waals surface area (Å²) in [4.78, 5) is 27.3. The van der Waals surface area contributed by atoms with Crippen LogP contribution >= 0.6 is 18.2 Å². The summed E-state index contributed by atoms with van der Waals surface area (Å²) in [5.41, 5.74) is 0.990. The van der Waals surface area contributed by atoms with Crippen LogP contribution in [0.3, 0.4) is 0 Å². The summed E-state index contributed by atoms with van der Waals surface area (Å²) >= 11 is 4.20. The number of fused-ring (bicyclic) bond motifs is 1. The second kappa shape index (κ2) is 12.9. The van der Waals surface area contributed by atoms with Gasteiger partial charge in [-0.3, -0.25) is 0 Å². The van der Waals surface area contributed by atoms with Crippen molar-refractivity contribution in [1.82, 2.24) is 0 Å². The van der Waals surface area contributed by atoms with E-state index in [1.54, 1.807) is 0 Å². The van der Waals surface area contributed by atoms with Crippen LogP contribution in [0.1, 0.15) is 46.5 Å². The zero-order valence-electron chi connectivity index (χ0n) is 17.2. The fraction of sp³-hybridized carbons (Fsp3) is 0.476. The van der Waals surface area contributed by atoms with Gasteiger partial charge in [-0.2, -0.15) is 0 Å². The van der Waals surface area contributed by atoms with E-state index in [0.29, 0.717) is 12.5 Å². The standard InChI is InChI=1S/C21H29NO2.ClH2O3P/c1-4-5-8-14-24-21(23)20(15-16(2)3)22-19-13-9-11-17-10-6-7-12-18(17)19;1-5(2,3)4/h6-7,9-13,16,20,22H,4-5,8,14-15H2,1-3H3;(H2,2,3,4). The van der Waals surface area contributed by atoms with Crippen molar-refractivity contribution in [2.24, 2.45) is 5.92 Å². The molecule has 0 aliphatic heterocycles. The second-order valence-electron chi connectivity index (χ2n) is 7.20. The molecule has 1 atom stereocenters. The highest BCUT2D eigenvalue weighted by atomic mass is 35.7. The molecule has 162 valence electrons. The third-order valence-electron chi connectivity index (χ3n) is 4.10. The maximum Gasteiger partial charge on any atom is 0.419 e. The van der Waals surface area contributed by atoms with Crippen LogP contribution in [0.15, 0.2) is 42.5 Å². The number of carbonyl (C=O) groups excluding carboxylic acids is 1. The molecule has 0 radical (unpaired) electrons. The zero-order chi connectivity index (χ0) is 21.9. The number of benzene rings is 2. The Bertz CT molecular complexity index is 795. The monoisotopic (exact) mass is 443 g/mol. The number of halogens is 1. The van der Waals surface area contributed by atoms with E-state index in [1.807, 2.05) is 24.3 Å². The summed E-state index contributed by atoms with van der Waals surface area (Å²) in [6.07, 6.45) is 3.92. The average molecular weight is 444 g/mol. The number of unbranched alkanes of at least 4 members (excludes halogenated alkanes) is 2. The normalized spacial score (nSPS) is 12.2. The number of anilines is 1. The summed E-state index contributed by atoms with van der Waals surface area (Å²) in [6, 6.07) is 14.0. The predicted octanol–water partition coefficient (Wildman–Crippen LogP) is 5.72.